The summed E-state index contributed by atoms with van der Waals surface area (Å²) in [6.45, 7) is 10.5. The number of nitrogens with zero attached hydrogens (tertiary/aromatic N) is 6. The summed E-state index contributed by atoms with van der Waals surface area (Å²) in [6, 6.07) is 37.9. The predicted molar refractivity (Wildman–Crippen MR) is 193 cm³/mol. The summed E-state index contributed by atoms with van der Waals surface area (Å²) in [6.07, 6.45) is 1.95. The van der Waals surface area contributed by atoms with Crippen molar-refractivity contribution in [2.45, 2.75) is 34.6 Å². The Morgan fingerprint density at radius 2 is 1.26 bits per heavy atom. The molecule has 0 bridgehead atoms. The molecule has 6 aromatic rings. The summed E-state index contributed by atoms with van der Waals surface area (Å²) in [4.78, 5) is 11.7. The zero-order valence-corrected chi connectivity index (χ0v) is 27.9. The van der Waals surface area contributed by atoms with Gasteiger partial charge >= 0.3 is 0 Å². The second-order valence-corrected chi connectivity index (χ2v) is 14.5. The molecule has 1 aliphatic heterocycles. The molecule has 0 saturated carbocycles. The molecule has 0 fully saturated rings. The minimum absolute atomic E-state index is 0.00371. The molecule has 2 aromatic heterocycles. The number of nitro benzene ring substituents is 1. The van der Waals surface area contributed by atoms with Crippen LogP contribution in [-0.4, -0.2) is 20.3 Å². The normalized spacial score (nSPS) is 15.5. The van der Waals surface area contributed by atoms with Crippen LogP contribution in [0.4, 0.5) is 17.1 Å². The van der Waals surface area contributed by atoms with Crippen LogP contribution in [-0.2, 0) is 0 Å². The van der Waals surface area contributed by atoms with Crippen molar-refractivity contribution in [3.05, 3.63) is 159 Å². The fourth-order valence-corrected chi connectivity index (χ4v) is 11.0. The fourth-order valence-electron chi connectivity index (χ4n) is 6.81. The summed E-state index contributed by atoms with van der Waals surface area (Å²) in [5, 5.41) is 19.4. The number of benzene rings is 4. The zero-order chi connectivity index (χ0) is 32.9. The van der Waals surface area contributed by atoms with Crippen LogP contribution >= 0.6 is 7.21 Å². The van der Waals surface area contributed by atoms with E-state index in [4.69, 9.17) is 9.85 Å². The van der Waals surface area contributed by atoms with Crippen LogP contribution in [0, 0.1) is 44.7 Å². The molecule has 7 rings (SSSR count). The highest BCUT2D eigenvalue weighted by Crippen LogP contribution is 2.60. The van der Waals surface area contributed by atoms with Gasteiger partial charge in [0.15, 0.2) is 0 Å². The number of anilines is 1. The Morgan fingerprint density at radius 1 is 0.681 bits per heavy atom. The average molecular weight is 639 g/mol. The largest absolute Gasteiger partial charge is 0.318 e. The smallest absolute Gasteiger partial charge is 0.271 e. The van der Waals surface area contributed by atoms with E-state index in [2.05, 4.69) is 84.1 Å². The van der Waals surface area contributed by atoms with E-state index in [9.17, 15) is 10.1 Å². The fraction of sp³-hybridized carbons (Fsp3) is 0.132. The number of hydrazone groups is 1. The number of non-ortho nitro benzene ring substituents is 1. The number of rotatable bonds is 6. The first kappa shape index (κ1) is 30.2. The topological polar surface area (TPSA) is 81.0 Å². The van der Waals surface area contributed by atoms with Gasteiger partial charge in [0.1, 0.15) is 7.21 Å². The Bertz CT molecular complexity index is 2240. The lowest BCUT2D eigenvalue weighted by molar-refractivity contribution is -0.384. The molecule has 0 radical (unpaired) electrons. The molecule has 0 N–H and O–H groups in total. The van der Waals surface area contributed by atoms with Gasteiger partial charge < -0.3 is 9.13 Å². The van der Waals surface area contributed by atoms with Gasteiger partial charge in [-0.2, -0.15) is 5.10 Å². The molecule has 0 aliphatic carbocycles. The highest BCUT2D eigenvalue weighted by atomic mass is 31.2. The van der Waals surface area contributed by atoms with E-state index in [1.807, 2.05) is 67.7 Å². The number of para-hydroxylation sites is 3. The van der Waals surface area contributed by atoms with E-state index in [1.54, 1.807) is 18.2 Å². The third-order valence-electron chi connectivity index (χ3n) is 8.95. The molecule has 0 amide bonds. The Hall–Kier alpha value is -5.46. The van der Waals surface area contributed by atoms with E-state index in [0.717, 1.165) is 61.6 Å². The van der Waals surface area contributed by atoms with Crippen LogP contribution in [0.25, 0.3) is 11.4 Å². The summed E-state index contributed by atoms with van der Waals surface area (Å²) < 4.78 is 12.4. The number of aromatic nitrogens is 2. The van der Waals surface area contributed by atoms with Gasteiger partial charge in [-0.3, -0.25) is 10.1 Å². The van der Waals surface area contributed by atoms with E-state index in [-0.39, 0.29) is 10.6 Å². The van der Waals surface area contributed by atoms with Crippen molar-refractivity contribution in [3.63, 3.8) is 0 Å². The Balaban J connectivity index is 1.68. The van der Waals surface area contributed by atoms with Crippen molar-refractivity contribution in [3.8, 4) is 11.4 Å². The highest BCUT2D eigenvalue weighted by molar-refractivity contribution is 7.82. The Morgan fingerprint density at radius 3 is 1.85 bits per heavy atom. The first-order valence-corrected chi connectivity index (χ1v) is 17.2. The monoisotopic (exact) mass is 638 g/mol. The van der Waals surface area contributed by atoms with Crippen molar-refractivity contribution in [1.29, 1.82) is 0 Å². The van der Waals surface area contributed by atoms with Crippen LogP contribution in [0.5, 0.6) is 0 Å². The lowest BCUT2D eigenvalue weighted by Gasteiger charge is -2.38. The summed E-state index contributed by atoms with van der Waals surface area (Å²) in [7, 11) is -3.10. The summed E-state index contributed by atoms with van der Waals surface area (Å²) >= 11 is 0. The standard InChI is InChI=1S/C38H35N6O2P/c1-26-21-22-34(44(45)46)24-36(26)40-47(37-23-27(2)41(29(37)4)31-15-9-6-10-16-31)38-30(5)42(32-17-11-7-12-18-32)28(3)35(38)25-39-43(47)33-19-13-8-14-20-33/h6-25H,1-5H3. The second kappa shape index (κ2) is 11.7. The van der Waals surface area contributed by atoms with Gasteiger partial charge in [0.05, 0.1) is 22.5 Å². The minimum atomic E-state index is -3.10. The van der Waals surface area contributed by atoms with Crippen LogP contribution < -0.4 is 15.4 Å². The van der Waals surface area contributed by atoms with Crippen molar-refractivity contribution >= 4 is 41.1 Å². The van der Waals surface area contributed by atoms with Gasteiger partial charge in [-0.25, -0.2) is 9.52 Å². The highest BCUT2D eigenvalue weighted by Gasteiger charge is 2.43. The SMILES string of the molecule is Cc1ccc([N+](=O)[O-])cc1N=P1(c2cc(C)n(-c3ccccc3)c2C)c2c(c(C)n(-c3ccccc3)c2C)C=NN1c1ccccc1. The van der Waals surface area contributed by atoms with E-state index >= 15 is 0 Å². The molecule has 0 spiro atoms. The number of hydrogen-bond acceptors (Lipinski definition) is 4. The number of aryl methyl sites for hydroxylation is 2. The molecule has 4 aromatic carbocycles. The van der Waals surface area contributed by atoms with Crippen LogP contribution in [0.15, 0.2) is 125 Å². The van der Waals surface area contributed by atoms with E-state index in [0.29, 0.717) is 5.69 Å². The molecule has 9 heteroatoms. The molecule has 3 heterocycles. The maximum Gasteiger partial charge on any atom is 0.271 e. The molecule has 0 saturated heterocycles. The molecule has 234 valence electrons. The van der Waals surface area contributed by atoms with Gasteiger partial charge in [0, 0.05) is 62.5 Å². The van der Waals surface area contributed by atoms with Crippen molar-refractivity contribution < 1.29 is 4.92 Å². The predicted octanol–water partition coefficient (Wildman–Crippen LogP) is 8.97. The molecular formula is C38H35N6O2P. The van der Waals surface area contributed by atoms with Crippen molar-refractivity contribution in [2.75, 3.05) is 4.78 Å². The molecule has 47 heavy (non-hydrogen) atoms. The summed E-state index contributed by atoms with van der Waals surface area (Å²) in [5.74, 6) is 0. The molecule has 1 atom stereocenters. The minimum Gasteiger partial charge on any atom is -0.318 e. The van der Waals surface area contributed by atoms with E-state index < -0.39 is 7.21 Å². The lowest BCUT2D eigenvalue weighted by Crippen LogP contribution is -2.35. The van der Waals surface area contributed by atoms with Crippen molar-refractivity contribution in [2.24, 2.45) is 9.85 Å². The molecule has 8 nitrogen and oxygen atoms in total. The number of fused-ring (bicyclic) bond motifs is 1. The van der Waals surface area contributed by atoms with E-state index in [1.165, 1.54) is 0 Å². The number of hydrogen-bond donors (Lipinski definition) is 0. The Labute approximate surface area is 274 Å². The van der Waals surface area contributed by atoms with Gasteiger partial charge in [-0.15, -0.1) is 0 Å². The van der Waals surface area contributed by atoms with Crippen molar-refractivity contribution in [1.82, 2.24) is 9.13 Å². The van der Waals surface area contributed by atoms with Gasteiger partial charge in [-0.1, -0.05) is 60.7 Å². The first-order chi connectivity index (χ1) is 22.7. The van der Waals surface area contributed by atoms with Crippen LogP contribution in [0.2, 0.25) is 0 Å². The van der Waals surface area contributed by atoms with Gasteiger partial charge in [-0.05, 0) is 82.6 Å². The average Bonchev–Trinajstić information content (AvgIpc) is 3.54. The Kier molecular flexibility index (Phi) is 7.53. The second-order valence-electron chi connectivity index (χ2n) is 11.8. The van der Waals surface area contributed by atoms with Gasteiger partial charge in [0.2, 0.25) is 0 Å². The van der Waals surface area contributed by atoms with Crippen LogP contribution in [0.3, 0.4) is 0 Å². The maximum atomic E-state index is 12.0. The third kappa shape index (κ3) is 4.84. The summed E-state index contributed by atoms with van der Waals surface area (Å²) in [5.41, 5.74) is 9.68. The lowest BCUT2D eigenvalue weighted by atomic mass is 10.2. The number of nitro groups is 1. The first-order valence-electron chi connectivity index (χ1n) is 15.5. The van der Waals surface area contributed by atoms with Gasteiger partial charge in [0.25, 0.3) is 5.69 Å². The van der Waals surface area contributed by atoms with Crippen LogP contribution in [0.1, 0.15) is 33.9 Å². The molecule has 1 aliphatic rings. The third-order valence-corrected chi connectivity index (χ3v) is 12.7. The molecular weight excluding hydrogens is 603 g/mol. The quantitative estimate of drug-likeness (QED) is 0.104. The zero-order valence-electron chi connectivity index (χ0n) is 27.0. The maximum absolute atomic E-state index is 12.0. The molecule has 1 unspecified atom stereocenters.